The van der Waals surface area contributed by atoms with Crippen LogP contribution in [0.15, 0.2) is 34.7 Å². The molecule has 2 nitrogen and oxygen atoms in total. The quantitative estimate of drug-likeness (QED) is 0.876. The van der Waals surface area contributed by atoms with Crippen LogP contribution in [-0.2, 0) is 19.4 Å². The van der Waals surface area contributed by atoms with Gasteiger partial charge in [0.05, 0.1) is 0 Å². The Hall–Kier alpha value is -1.70. The number of anilines is 1. The summed E-state index contributed by atoms with van der Waals surface area (Å²) in [5.41, 5.74) is 4.00. The molecule has 0 fully saturated rings. The Bertz CT molecular complexity index is 528. The molecule has 18 heavy (non-hydrogen) atoms. The number of benzene rings is 1. The summed E-state index contributed by atoms with van der Waals surface area (Å²) in [6.45, 7) is 2.95. The Kier molecular flexibility index (Phi) is 3.09. The molecule has 0 amide bonds. The Morgan fingerprint density at radius 2 is 1.89 bits per heavy atom. The van der Waals surface area contributed by atoms with Crippen molar-refractivity contribution in [2.24, 2.45) is 0 Å². The maximum atomic E-state index is 5.89. The minimum Gasteiger partial charge on any atom is -0.466 e. The van der Waals surface area contributed by atoms with Gasteiger partial charge in [-0.2, -0.15) is 0 Å². The number of hydrogen-bond acceptors (Lipinski definition) is 2. The first-order valence-corrected chi connectivity index (χ1v) is 6.73. The lowest BCUT2D eigenvalue weighted by molar-refractivity contribution is 0.457. The highest BCUT2D eigenvalue weighted by Crippen LogP contribution is 2.29. The largest absolute Gasteiger partial charge is 0.466 e. The second-order valence-corrected chi connectivity index (χ2v) is 4.97. The van der Waals surface area contributed by atoms with Crippen LogP contribution in [0.1, 0.15) is 35.5 Å². The first-order chi connectivity index (χ1) is 8.84. The molecule has 0 saturated carbocycles. The monoisotopic (exact) mass is 241 g/mol. The minimum atomic E-state index is 0.870. The van der Waals surface area contributed by atoms with Crippen LogP contribution in [0.5, 0.6) is 0 Å². The van der Waals surface area contributed by atoms with Crippen molar-refractivity contribution in [3.05, 3.63) is 53.0 Å². The lowest BCUT2D eigenvalue weighted by atomic mass is 9.94. The lowest BCUT2D eigenvalue weighted by Crippen LogP contribution is -2.06. The number of para-hydroxylation sites is 1. The highest BCUT2D eigenvalue weighted by molar-refractivity contribution is 5.45. The normalized spacial score (nSPS) is 14.3. The van der Waals surface area contributed by atoms with E-state index in [9.17, 15) is 0 Å². The van der Waals surface area contributed by atoms with Crippen molar-refractivity contribution in [2.75, 3.05) is 5.32 Å². The van der Waals surface area contributed by atoms with Gasteiger partial charge in [-0.1, -0.05) is 18.2 Å². The number of rotatable bonds is 3. The third-order valence-electron chi connectivity index (χ3n) is 3.73. The van der Waals surface area contributed by atoms with Crippen molar-refractivity contribution >= 4 is 5.69 Å². The zero-order chi connectivity index (χ0) is 12.4. The molecule has 1 aliphatic carbocycles. The maximum Gasteiger partial charge on any atom is 0.107 e. The van der Waals surface area contributed by atoms with Gasteiger partial charge < -0.3 is 9.73 Å². The topological polar surface area (TPSA) is 25.2 Å². The van der Waals surface area contributed by atoms with Gasteiger partial charge in [0.25, 0.3) is 0 Å². The van der Waals surface area contributed by atoms with E-state index in [2.05, 4.69) is 36.5 Å². The van der Waals surface area contributed by atoms with Gasteiger partial charge in [-0.15, -0.1) is 0 Å². The molecule has 1 aromatic heterocycles. The average molecular weight is 241 g/mol. The first kappa shape index (κ1) is 11.4. The second kappa shape index (κ2) is 4.89. The van der Waals surface area contributed by atoms with Crippen molar-refractivity contribution in [1.29, 1.82) is 0 Å². The number of nitrogens with one attached hydrogen (secondary N) is 1. The van der Waals surface area contributed by atoms with Crippen LogP contribution in [-0.4, -0.2) is 0 Å². The summed E-state index contributed by atoms with van der Waals surface area (Å²) in [5.74, 6) is 2.31. The van der Waals surface area contributed by atoms with E-state index in [1.807, 2.05) is 6.07 Å². The Morgan fingerprint density at radius 1 is 1.11 bits per heavy atom. The summed E-state index contributed by atoms with van der Waals surface area (Å²) in [4.78, 5) is 0. The van der Waals surface area contributed by atoms with Crippen molar-refractivity contribution in [1.82, 2.24) is 0 Å². The first-order valence-electron chi connectivity index (χ1n) is 6.73. The predicted molar refractivity (Wildman–Crippen MR) is 73.9 cm³/mol. The molecule has 0 saturated heterocycles. The van der Waals surface area contributed by atoms with E-state index in [-0.39, 0.29) is 0 Å². The standard InChI is InChI=1S/C16H19NO/c1-12-15(11-17-13-7-3-2-4-8-13)14-9-5-6-10-16(14)18-12/h2-4,7-8,17H,5-6,9-11H2,1H3. The van der Waals surface area contributed by atoms with Gasteiger partial charge in [0.2, 0.25) is 0 Å². The molecule has 3 rings (SSSR count). The molecule has 2 heteroatoms. The fraction of sp³-hybridized carbons (Fsp3) is 0.375. The predicted octanol–water partition coefficient (Wildman–Crippen LogP) is 4.08. The fourth-order valence-corrected chi connectivity index (χ4v) is 2.75. The molecule has 0 aliphatic heterocycles. The van der Waals surface area contributed by atoms with E-state index >= 15 is 0 Å². The maximum absolute atomic E-state index is 5.89. The van der Waals surface area contributed by atoms with Crippen LogP contribution >= 0.6 is 0 Å². The van der Waals surface area contributed by atoms with Gasteiger partial charge in [-0.3, -0.25) is 0 Å². The van der Waals surface area contributed by atoms with Crippen molar-refractivity contribution in [3.63, 3.8) is 0 Å². The summed E-state index contributed by atoms with van der Waals surface area (Å²) in [7, 11) is 0. The van der Waals surface area contributed by atoms with Gasteiger partial charge in [-0.25, -0.2) is 0 Å². The number of furan rings is 1. The van der Waals surface area contributed by atoms with Crippen LogP contribution in [0.3, 0.4) is 0 Å². The average Bonchev–Trinajstić information content (AvgIpc) is 2.73. The molecular formula is C16H19NO. The van der Waals surface area contributed by atoms with E-state index in [4.69, 9.17) is 4.42 Å². The Morgan fingerprint density at radius 3 is 2.72 bits per heavy atom. The van der Waals surface area contributed by atoms with E-state index < -0.39 is 0 Å². The molecule has 0 spiro atoms. The number of fused-ring (bicyclic) bond motifs is 1. The molecule has 1 aliphatic rings. The van der Waals surface area contributed by atoms with Crippen molar-refractivity contribution in [3.8, 4) is 0 Å². The van der Waals surface area contributed by atoms with Crippen molar-refractivity contribution in [2.45, 2.75) is 39.2 Å². The summed E-state index contributed by atoms with van der Waals surface area (Å²) < 4.78 is 5.89. The van der Waals surface area contributed by atoms with E-state index in [1.54, 1.807) is 0 Å². The lowest BCUT2D eigenvalue weighted by Gasteiger charge is -2.12. The smallest absolute Gasteiger partial charge is 0.107 e. The summed E-state index contributed by atoms with van der Waals surface area (Å²) >= 11 is 0. The molecular weight excluding hydrogens is 222 g/mol. The molecule has 1 N–H and O–H groups in total. The zero-order valence-corrected chi connectivity index (χ0v) is 10.8. The summed E-state index contributed by atoms with van der Waals surface area (Å²) in [5, 5.41) is 3.48. The molecule has 0 unspecified atom stereocenters. The third-order valence-corrected chi connectivity index (χ3v) is 3.73. The SMILES string of the molecule is Cc1oc2c(c1CNc1ccccc1)CCCC2. The van der Waals surface area contributed by atoms with E-state index in [0.717, 1.165) is 18.7 Å². The molecule has 0 radical (unpaired) electrons. The molecule has 0 bridgehead atoms. The molecule has 0 atom stereocenters. The van der Waals surface area contributed by atoms with Crippen molar-refractivity contribution < 1.29 is 4.42 Å². The highest BCUT2D eigenvalue weighted by Gasteiger charge is 2.19. The molecule has 1 aromatic carbocycles. The second-order valence-electron chi connectivity index (χ2n) is 4.97. The van der Waals surface area contributed by atoms with E-state index in [1.165, 1.54) is 41.8 Å². The Balaban J connectivity index is 1.78. The van der Waals surface area contributed by atoms with Crippen LogP contribution in [0, 0.1) is 6.92 Å². The van der Waals surface area contributed by atoms with Gasteiger partial charge in [0.15, 0.2) is 0 Å². The molecule has 94 valence electrons. The third kappa shape index (κ3) is 2.15. The van der Waals surface area contributed by atoms with Gasteiger partial charge >= 0.3 is 0 Å². The number of aryl methyl sites for hydroxylation is 2. The molecule has 2 aromatic rings. The van der Waals surface area contributed by atoms with Crippen LogP contribution < -0.4 is 5.32 Å². The number of hydrogen-bond donors (Lipinski definition) is 1. The zero-order valence-electron chi connectivity index (χ0n) is 10.8. The minimum absolute atomic E-state index is 0.870. The van der Waals surface area contributed by atoms with Crippen LogP contribution in [0.25, 0.3) is 0 Å². The summed E-state index contributed by atoms with van der Waals surface area (Å²) in [6.07, 6.45) is 4.86. The van der Waals surface area contributed by atoms with E-state index in [0.29, 0.717) is 0 Å². The summed E-state index contributed by atoms with van der Waals surface area (Å²) in [6, 6.07) is 10.3. The van der Waals surface area contributed by atoms with Crippen LogP contribution in [0.2, 0.25) is 0 Å². The van der Waals surface area contributed by atoms with Gasteiger partial charge in [0.1, 0.15) is 11.5 Å². The fourth-order valence-electron chi connectivity index (χ4n) is 2.75. The Labute approximate surface area is 108 Å². The highest BCUT2D eigenvalue weighted by atomic mass is 16.3. The van der Waals surface area contributed by atoms with Gasteiger partial charge in [-0.05, 0) is 43.9 Å². The van der Waals surface area contributed by atoms with Crippen LogP contribution in [0.4, 0.5) is 5.69 Å². The van der Waals surface area contributed by atoms with Gasteiger partial charge in [0, 0.05) is 24.2 Å². The molecule has 1 heterocycles.